The molecule has 45 heavy (non-hydrogen) atoms. The third-order valence-electron chi connectivity index (χ3n) is 10.5. The Morgan fingerprint density at radius 2 is 1.56 bits per heavy atom. The molecule has 1 aromatic heterocycles. The first kappa shape index (κ1) is 32.1. The van der Waals surface area contributed by atoms with E-state index in [0.717, 1.165) is 89.0 Å². The van der Waals surface area contributed by atoms with Crippen LogP contribution in [-0.4, -0.2) is 23.1 Å². The van der Waals surface area contributed by atoms with Gasteiger partial charge >= 0.3 is 0 Å². The summed E-state index contributed by atoms with van der Waals surface area (Å²) in [5, 5.41) is 12.3. The SMILES string of the molecule is COc1ccc(COC2CC(C)(C)Cc3nc(C4CCCCC4)c(C(O)c4ccc(C)cc4)c(C4CCC(F)(F)CC4)c32)cc1. The monoisotopic (exact) mass is 617 g/mol. The second-order valence-corrected chi connectivity index (χ2v) is 14.7. The summed E-state index contributed by atoms with van der Waals surface area (Å²) in [6.07, 6.45) is 6.62. The fourth-order valence-electron chi connectivity index (χ4n) is 8.05. The second-order valence-electron chi connectivity index (χ2n) is 14.7. The topological polar surface area (TPSA) is 51.6 Å². The zero-order valence-corrected chi connectivity index (χ0v) is 27.4. The molecule has 3 aromatic rings. The molecule has 2 aromatic carbocycles. The predicted molar refractivity (Wildman–Crippen MR) is 174 cm³/mol. The molecule has 2 saturated carbocycles. The van der Waals surface area contributed by atoms with E-state index in [-0.39, 0.29) is 36.2 Å². The Labute approximate surface area is 267 Å². The zero-order chi connectivity index (χ0) is 31.8. The summed E-state index contributed by atoms with van der Waals surface area (Å²) in [4.78, 5) is 5.50. The van der Waals surface area contributed by atoms with Crippen LogP contribution in [0.25, 0.3) is 0 Å². The van der Waals surface area contributed by atoms with Crippen molar-refractivity contribution in [2.75, 3.05) is 7.11 Å². The van der Waals surface area contributed by atoms with E-state index in [4.69, 9.17) is 14.5 Å². The minimum atomic E-state index is -2.64. The van der Waals surface area contributed by atoms with Gasteiger partial charge in [-0.3, -0.25) is 4.98 Å². The van der Waals surface area contributed by atoms with Gasteiger partial charge in [-0.15, -0.1) is 0 Å². The summed E-state index contributed by atoms with van der Waals surface area (Å²) in [6.45, 7) is 7.02. The molecule has 2 atom stereocenters. The largest absolute Gasteiger partial charge is 0.497 e. The molecule has 0 amide bonds. The first-order valence-electron chi connectivity index (χ1n) is 17.0. The van der Waals surface area contributed by atoms with E-state index >= 15 is 0 Å². The van der Waals surface area contributed by atoms with Crippen LogP contribution < -0.4 is 4.74 Å². The first-order chi connectivity index (χ1) is 21.5. The van der Waals surface area contributed by atoms with Crippen LogP contribution in [0.15, 0.2) is 48.5 Å². The number of aliphatic hydroxyl groups excluding tert-OH is 1. The van der Waals surface area contributed by atoms with Crippen LogP contribution in [0.5, 0.6) is 5.75 Å². The zero-order valence-electron chi connectivity index (χ0n) is 27.4. The standard InChI is InChI=1S/C39H49F2NO3/c1-25-10-14-29(15-11-25)37(43)35-33(27-18-20-39(40,41)21-19-27)34-31(42-36(35)28-8-6-5-7-9-28)22-38(2,3)23-32(34)45-24-26-12-16-30(44-4)17-13-26/h10-17,27-28,32,37,43H,5-9,18-24H2,1-4H3. The van der Waals surface area contributed by atoms with Crippen molar-refractivity contribution >= 4 is 0 Å². The van der Waals surface area contributed by atoms with Gasteiger partial charge in [0.05, 0.1) is 25.5 Å². The minimum Gasteiger partial charge on any atom is -0.497 e. The lowest BCUT2D eigenvalue weighted by molar-refractivity contribution is -0.0390. The van der Waals surface area contributed by atoms with E-state index in [9.17, 15) is 13.9 Å². The van der Waals surface area contributed by atoms with E-state index in [1.165, 1.54) is 6.42 Å². The Hall–Kier alpha value is -2.83. The van der Waals surface area contributed by atoms with Gasteiger partial charge in [0.1, 0.15) is 11.9 Å². The molecule has 1 N–H and O–H groups in total. The Bertz CT molecular complexity index is 1450. The number of nitrogens with zero attached hydrogens (tertiary/aromatic N) is 1. The average Bonchev–Trinajstić information content (AvgIpc) is 3.03. The molecule has 0 radical (unpaired) electrons. The predicted octanol–water partition coefficient (Wildman–Crippen LogP) is 10.1. The lowest BCUT2D eigenvalue weighted by atomic mass is 9.68. The molecule has 2 fully saturated rings. The summed E-state index contributed by atoms with van der Waals surface area (Å²) < 4.78 is 41.4. The fourth-order valence-corrected chi connectivity index (χ4v) is 8.05. The van der Waals surface area contributed by atoms with Crippen LogP contribution >= 0.6 is 0 Å². The molecule has 0 aliphatic heterocycles. The third kappa shape index (κ3) is 7.12. The van der Waals surface area contributed by atoms with Crippen molar-refractivity contribution in [2.45, 2.75) is 128 Å². The molecular weight excluding hydrogens is 568 g/mol. The number of fused-ring (bicyclic) bond motifs is 1. The number of ether oxygens (including phenoxy) is 2. The van der Waals surface area contributed by atoms with Gasteiger partial charge < -0.3 is 14.6 Å². The number of aromatic nitrogens is 1. The quantitative estimate of drug-likeness (QED) is 0.273. The molecular formula is C39H49F2NO3. The first-order valence-corrected chi connectivity index (χ1v) is 17.0. The Morgan fingerprint density at radius 1 is 0.889 bits per heavy atom. The summed E-state index contributed by atoms with van der Waals surface area (Å²) in [7, 11) is 1.66. The molecule has 0 saturated heterocycles. The van der Waals surface area contributed by atoms with E-state index in [2.05, 4.69) is 13.8 Å². The number of halogens is 2. The van der Waals surface area contributed by atoms with Gasteiger partial charge in [-0.1, -0.05) is 75.1 Å². The number of methoxy groups -OCH3 is 1. The molecule has 0 bridgehead atoms. The number of hydrogen-bond acceptors (Lipinski definition) is 4. The van der Waals surface area contributed by atoms with E-state index in [0.29, 0.717) is 19.4 Å². The average molecular weight is 618 g/mol. The number of aliphatic hydroxyl groups is 1. The number of rotatable bonds is 8. The molecule has 6 heteroatoms. The van der Waals surface area contributed by atoms with Crippen LogP contribution in [0.4, 0.5) is 8.78 Å². The van der Waals surface area contributed by atoms with Crippen molar-refractivity contribution < 1.29 is 23.4 Å². The smallest absolute Gasteiger partial charge is 0.248 e. The van der Waals surface area contributed by atoms with Gasteiger partial charge in [-0.05, 0) is 85.6 Å². The van der Waals surface area contributed by atoms with Gasteiger partial charge in [0.2, 0.25) is 5.92 Å². The lowest BCUT2D eigenvalue weighted by Gasteiger charge is -2.42. The fraction of sp³-hybridized carbons (Fsp3) is 0.564. The van der Waals surface area contributed by atoms with Crippen molar-refractivity contribution in [1.82, 2.24) is 4.98 Å². The number of pyridine rings is 1. The van der Waals surface area contributed by atoms with Gasteiger partial charge in [0.25, 0.3) is 0 Å². The summed E-state index contributed by atoms with van der Waals surface area (Å²) >= 11 is 0. The van der Waals surface area contributed by atoms with Gasteiger partial charge in [0.15, 0.2) is 0 Å². The third-order valence-corrected chi connectivity index (χ3v) is 10.5. The van der Waals surface area contributed by atoms with Crippen molar-refractivity contribution in [2.24, 2.45) is 5.41 Å². The number of hydrogen-bond donors (Lipinski definition) is 1. The van der Waals surface area contributed by atoms with Crippen LogP contribution in [0.2, 0.25) is 0 Å². The minimum absolute atomic E-state index is 0.0393. The molecule has 242 valence electrons. The van der Waals surface area contributed by atoms with Crippen molar-refractivity contribution in [3.63, 3.8) is 0 Å². The Kier molecular flexibility index (Phi) is 9.36. The highest BCUT2D eigenvalue weighted by molar-refractivity contribution is 5.51. The number of alkyl halides is 2. The van der Waals surface area contributed by atoms with Crippen LogP contribution in [0.1, 0.15) is 147 Å². The molecule has 1 heterocycles. The summed E-state index contributed by atoms with van der Waals surface area (Å²) in [6, 6.07) is 16.0. The van der Waals surface area contributed by atoms with Crippen molar-refractivity contribution in [1.29, 1.82) is 0 Å². The summed E-state index contributed by atoms with van der Waals surface area (Å²) in [5.74, 6) is -1.66. The molecule has 4 nitrogen and oxygen atoms in total. The van der Waals surface area contributed by atoms with Crippen molar-refractivity contribution in [3.05, 3.63) is 93.3 Å². The maximum Gasteiger partial charge on any atom is 0.248 e. The number of benzene rings is 2. The van der Waals surface area contributed by atoms with Crippen LogP contribution in [0, 0.1) is 12.3 Å². The van der Waals surface area contributed by atoms with E-state index in [1.807, 2.05) is 55.5 Å². The molecule has 6 rings (SSSR count). The normalized spacial score (nSPS) is 22.5. The van der Waals surface area contributed by atoms with Gasteiger partial charge in [-0.2, -0.15) is 0 Å². The number of aryl methyl sites for hydroxylation is 1. The molecule has 2 unspecified atom stereocenters. The van der Waals surface area contributed by atoms with Crippen LogP contribution in [-0.2, 0) is 17.8 Å². The highest BCUT2D eigenvalue weighted by Gasteiger charge is 2.43. The van der Waals surface area contributed by atoms with Crippen LogP contribution in [0.3, 0.4) is 0 Å². The molecule has 0 spiro atoms. The summed E-state index contributed by atoms with van der Waals surface area (Å²) in [5.41, 5.74) is 7.99. The maximum absolute atomic E-state index is 14.6. The van der Waals surface area contributed by atoms with Gasteiger partial charge in [-0.25, -0.2) is 8.78 Å². The lowest BCUT2D eigenvalue weighted by Crippen LogP contribution is -2.33. The van der Waals surface area contributed by atoms with Crippen molar-refractivity contribution in [3.8, 4) is 5.75 Å². The highest BCUT2D eigenvalue weighted by Crippen LogP contribution is 2.53. The molecule has 3 aliphatic rings. The van der Waals surface area contributed by atoms with E-state index in [1.54, 1.807) is 7.11 Å². The second kappa shape index (κ2) is 13.1. The Balaban J connectivity index is 1.52. The Morgan fingerprint density at radius 3 is 2.20 bits per heavy atom. The van der Waals surface area contributed by atoms with Gasteiger partial charge in [0, 0.05) is 35.6 Å². The van der Waals surface area contributed by atoms with E-state index < -0.39 is 12.0 Å². The molecule has 3 aliphatic carbocycles. The highest BCUT2D eigenvalue weighted by atomic mass is 19.3. The maximum atomic E-state index is 14.6.